The number of methoxy groups -OCH3 is 1. The molecule has 1 unspecified atom stereocenters. The summed E-state index contributed by atoms with van der Waals surface area (Å²) in [6.07, 6.45) is 0. The van der Waals surface area contributed by atoms with Crippen LogP contribution in [0.15, 0.2) is 28.0 Å². The van der Waals surface area contributed by atoms with Crippen LogP contribution < -0.4 is 20.5 Å². The van der Waals surface area contributed by atoms with Crippen LogP contribution in [0.2, 0.25) is 0 Å². The number of esters is 1. The summed E-state index contributed by atoms with van der Waals surface area (Å²) in [5, 5.41) is 3.03. The van der Waals surface area contributed by atoms with Gasteiger partial charge in [0.05, 0.1) is 18.9 Å². The van der Waals surface area contributed by atoms with Crippen LogP contribution in [0.3, 0.4) is 0 Å². The predicted octanol–water partition coefficient (Wildman–Crippen LogP) is 1.61. The molecular formula is C19H21N3O6S. The maximum absolute atomic E-state index is 12.4. The molecule has 29 heavy (non-hydrogen) atoms. The molecule has 154 valence electrons. The van der Waals surface area contributed by atoms with Crippen LogP contribution in [0.25, 0.3) is 0 Å². The van der Waals surface area contributed by atoms with Gasteiger partial charge in [-0.1, -0.05) is 17.8 Å². The minimum atomic E-state index is -0.626. The Morgan fingerprint density at radius 2 is 2.03 bits per heavy atom. The number of benzene rings is 1. The summed E-state index contributed by atoms with van der Waals surface area (Å²) in [5.74, 6) is 0.413. The molecule has 0 saturated heterocycles. The number of thioether (sulfide) groups is 1. The second kappa shape index (κ2) is 8.99. The molecule has 3 rings (SSSR count). The lowest BCUT2D eigenvalue weighted by Crippen LogP contribution is -2.28. The molecule has 2 heterocycles. The molecule has 1 aromatic carbocycles. The Morgan fingerprint density at radius 1 is 1.31 bits per heavy atom. The average Bonchev–Trinajstić information content (AvgIpc) is 2.71. The molecule has 0 aliphatic carbocycles. The number of carbonyl (C=O) groups excluding carboxylic acids is 2. The second-order valence-corrected chi connectivity index (χ2v) is 7.28. The Balaban J connectivity index is 1.66. The predicted molar refractivity (Wildman–Crippen MR) is 106 cm³/mol. The van der Waals surface area contributed by atoms with Gasteiger partial charge in [-0.25, -0.2) is 9.59 Å². The first-order valence-corrected chi connectivity index (χ1v) is 9.88. The molecule has 1 aliphatic heterocycles. The van der Waals surface area contributed by atoms with Gasteiger partial charge in [-0.15, -0.1) is 0 Å². The van der Waals surface area contributed by atoms with E-state index < -0.39 is 11.7 Å². The monoisotopic (exact) mass is 419 g/mol. The fraction of sp³-hybridized carbons (Fsp3) is 0.368. The van der Waals surface area contributed by atoms with E-state index in [-0.39, 0.29) is 28.3 Å². The third kappa shape index (κ3) is 4.89. The van der Waals surface area contributed by atoms with Crippen LogP contribution in [0.4, 0.5) is 0 Å². The highest BCUT2D eigenvalue weighted by atomic mass is 32.2. The summed E-state index contributed by atoms with van der Waals surface area (Å²) >= 11 is 0.999. The Bertz CT molecular complexity index is 990. The minimum absolute atomic E-state index is 0.0191. The highest BCUT2D eigenvalue weighted by Gasteiger charge is 2.20. The molecule has 1 aliphatic rings. The molecule has 0 saturated carbocycles. The number of fused-ring (bicyclic) bond motifs is 1. The number of aromatic nitrogens is 2. The van der Waals surface area contributed by atoms with Gasteiger partial charge in [0.25, 0.3) is 0 Å². The van der Waals surface area contributed by atoms with Crippen molar-refractivity contribution in [2.45, 2.75) is 24.9 Å². The number of ether oxygens (including phenoxy) is 3. The Morgan fingerprint density at radius 3 is 2.76 bits per heavy atom. The zero-order valence-electron chi connectivity index (χ0n) is 16.2. The van der Waals surface area contributed by atoms with Crippen molar-refractivity contribution in [3.63, 3.8) is 0 Å². The van der Waals surface area contributed by atoms with Crippen LogP contribution in [-0.2, 0) is 9.53 Å². The molecule has 1 amide bonds. The van der Waals surface area contributed by atoms with Crippen LogP contribution in [0, 0.1) is 6.92 Å². The third-order valence-electron chi connectivity index (χ3n) is 4.26. The number of aryl methyl sites for hydroxylation is 1. The van der Waals surface area contributed by atoms with Gasteiger partial charge < -0.3 is 24.5 Å². The lowest BCUT2D eigenvalue weighted by molar-refractivity contribution is -0.119. The summed E-state index contributed by atoms with van der Waals surface area (Å²) in [7, 11) is 1.24. The first-order chi connectivity index (χ1) is 13.9. The first-order valence-electron chi connectivity index (χ1n) is 8.90. The van der Waals surface area contributed by atoms with Crippen molar-refractivity contribution in [2.24, 2.45) is 0 Å². The van der Waals surface area contributed by atoms with Gasteiger partial charge in [-0.05, 0) is 31.5 Å². The third-order valence-corrected chi connectivity index (χ3v) is 5.23. The van der Waals surface area contributed by atoms with Crippen molar-refractivity contribution in [1.82, 2.24) is 15.3 Å². The van der Waals surface area contributed by atoms with Gasteiger partial charge in [0.1, 0.15) is 23.8 Å². The highest BCUT2D eigenvalue weighted by molar-refractivity contribution is 8.00. The van der Waals surface area contributed by atoms with E-state index in [0.717, 1.165) is 17.3 Å². The number of rotatable bonds is 6. The molecule has 1 aromatic heterocycles. The van der Waals surface area contributed by atoms with Crippen LogP contribution >= 0.6 is 11.8 Å². The summed E-state index contributed by atoms with van der Waals surface area (Å²) in [4.78, 5) is 42.3. The number of amides is 1. The largest absolute Gasteiger partial charge is 0.486 e. The molecule has 2 N–H and O–H groups in total. The van der Waals surface area contributed by atoms with E-state index in [1.54, 1.807) is 6.92 Å². The molecule has 1 atom stereocenters. The topological polar surface area (TPSA) is 120 Å². The first kappa shape index (κ1) is 20.7. The van der Waals surface area contributed by atoms with Crippen molar-refractivity contribution in [2.75, 3.05) is 26.1 Å². The van der Waals surface area contributed by atoms with E-state index in [2.05, 4.69) is 15.3 Å². The van der Waals surface area contributed by atoms with Gasteiger partial charge in [0.15, 0.2) is 11.5 Å². The number of nitrogens with zero attached hydrogens (tertiary/aromatic N) is 1. The summed E-state index contributed by atoms with van der Waals surface area (Å²) in [5.41, 5.74) is 0.755. The molecular weight excluding hydrogens is 398 g/mol. The van der Waals surface area contributed by atoms with E-state index in [1.165, 1.54) is 7.11 Å². The van der Waals surface area contributed by atoms with Crippen molar-refractivity contribution < 1.29 is 23.8 Å². The maximum atomic E-state index is 12.4. The van der Waals surface area contributed by atoms with Gasteiger partial charge in [-0.3, -0.25) is 4.79 Å². The quantitative estimate of drug-likeness (QED) is 0.412. The summed E-state index contributed by atoms with van der Waals surface area (Å²) in [6.45, 7) is 4.42. The normalized spacial score (nSPS) is 13.5. The van der Waals surface area contributed by atoms with E-state index in [4.69, 9.17) is 14.2 Å². The van der Waals surface area contributed by atoms with Crippen LogP contribution in [0.1, 0.15) is 34.6 Å². The van der Waals surface area contributed by atoms with Crippen molar-refractivity contribution in [1.29, 1.82) is 0 Å². The van der Waals surface area contributed by atoms with E-state index in [9.17, 15) is 14.4 Å². The van der Waals surface area contributed by atoms with Crippen molar-refractivity contribution >= 4 is 23.6 Å². The minimum Gasteiger partial charge on any atom is -0.486 e. The molecule has 0 bridgehead atoms. The smallest absolute Gasteiger partial charge is 0.346 e. The number of H-pyrrole nitrogens is 1. The standard InChI is InChI=1S/C19H21N3O6S/c1-10(12-4-5-13-14(8-12)28-7-6-27-13)20-15(23)9-29-17-16(18(24)26-3)11(2)21-19(25)22-17/h4-5,8,10H,6-7,9H2,1-3H3,(H,20,23)(H,21,22,25). The molecule has 0 fully saturated rings. The van der Waals surface area contributed by atoms with Crippen LogP contribution in [-0.4, -0.2) is 47.9 Å². The van der Waals surface area contributed by atoms with Gasteiger partial charge in [0.2, 0.25) is 5.91 Å². The molecule has 2 aromatic rings. The summed E-state index contributed by atoms with van der Waals surface area (Å²) in [6, 6.07) is 5.24. The lowest BCUT2D eigenvalue weighted by Gasteiger charge is -2.21. The number of carbonyl (C=O) groups is 2. The number of nitrogens with one attached hydrogen (secondary N) is 2. The Kier molecular flexibility index (Phi) is 6.42. The van der Waals surface area contributed by atoms with Gasteiger partial charge >= 0.3 is 11.7 Å². The van der Waals surface area contributed by atoms with Crippen molar-refractivity contribution in [3.05, 3.63) is 45.5 Å². The molecule has 9 nitrogen and oxygen atoms in total. The Labute approximate surface area is 171 Å². The number of aromatic amines is 1. The highest BCUT2D eigenvalue weighted by Crippen LogP contribution is 2.32. The second-order valence-electron chi connectivity index (χ2n) is 6.32. The SMILES string of the molecule is COC(=O)c1c(SCC(=O)NC(C)c2ccc3c(c2)OCCO3)nc(=O)[nH]c1C. The Hall–Kier alpha value is -3.01. The fourth-order valence-electron chi connectivity index (χ4n) is 2.84. The lowest BCUT2D eigenvalue weighted by atomic mass is 10.1. The average molecular weight is 419 g/mol. The van der Waals surface area contributed by atoms with Gasteiger partial charge in [0, 0.05) is 5.69 Å². The van der Waals surface area contributed by atoms with Crippen LogP contribution in [0.5, 0.6) is 11.5 Å². The zero-order valence-corrected chi connectivity index (χ0v) is 17.1. The van der Waals surface area contributed by atoms with E-state index in [1.807, 2.05) is 25.1 Å². The van der Waals surface area contributed by atoms with Crippen molar-refractivity contribution in [3.8, 4) is 11.5 Å². The molecule has 0 spiro atoms. The zero-order chi connectivity index (χ0) is 21.0. The number of hydrogen-bond acceptors (Lipinski definition) is 8. The van der Waals surface area contributed by atoms with E-state index in [0.29, 0.717) is 30.4 Å². The maximum Gasteiger partial charge on any atom is 0.346 e. The fourth-order valence-corrected chi connectivity index (χ4v) is 3.72. The number of hydrogen-bond donors (Lipinski definition) is 2. The molecule has 0 radical (unpaired) electrons. The van der Waals surface area contributed by atoms with E-state index >= 15 is 0 Å². The molecule has 10 heteroatoms. The summed E-state index contributed by atoms with van der Waals surface area (Å²) < 4.78 is 15.8. The van der Waals surface area contributed by atoms with Gasteiger partial charge in [-0.2, -0.15) is 4.98 Å².